The van der Waals surface area contributed by atoms with Gasteiger partial charge < -0.3 is 16.0 Å². The molecule has 3 aromatic heterocycles. The van der Waals surface area contributed by atoms with E-state index in [1.54, 1.807) is 62.8 Å². The number of anilines is 1. The van der Waals surface area contributed by atoms with Gasteiger partial charge in [0.25, 0.3) is 0 Å². The number of sulfone groups is 1. The van der Waals surface area contributed by atoms with Gasteiger partial charge in [0.05, 0.1) is 18.3 Å². The lowest BCUT2D eigenvalue weighted by Crippen LogP contribution is -2.30. The lowest BCUT2D eigenvalue weighted by molar-refractivity contribution is -0.126. The average Bonchev–Trinajstić information content (AvgIpc) is 3.43. The Labute approximate surface area is 214 Å². The van der Waals surface area contributed by atoms with E-state index in [4.69, 9.17) is 5.73 Å². The van der Waals surface area contributed by atoms with Gasteiger partial charge >= 0.3 is 0 Å². The molecule has 4 rings (SSSR count). The lowest BCUT2D eigenvalue weighted by Gasteiger charge is -2.24. The Hall–Kier alpha value is -3.67. The topological polar surface area (TPSA) is 131 Å². The van der Waals surface area contributed by atoms with Gasteiger partial charge in [-0.15, -0.1) is 11.3 Å². The number of likely N-dealkylation sites (N-methyl/N-ethyl adjacent to an activating group) is 1. The molecule has 0 saturated carbocycles. The average molecular weight is 523 g/mol. The summed E-state index contributed by atoms with van der Waals surface area (Å²) in [5.74, 6) is 0.300. The molecule has 3 N–H and O–H groups in total. The maximum Gasteiger partial charge on any atom is 0.241 e. The van der Waals surface area contributed by atoms with E-state index < -0.39 is 21.1 Å². The second-order valence-electron chi connectivity index (χ2n) is 8.21. The highest BCUT2D eigenvalue weighted by molar-refractivity contribution is 7.91. The van der Waals surface area contributed by atoms with Crippen molar-refractivity contribution in [2.24, 2.45) is 5.73 Å². The third-order valence-electron chi connectivity index (χ3n) is 5.54. The molecule has 0 bridgehead atoms. The maximum absolute atomic E-state index is 13.8. The van der Waals surface area contributed by atoms with Crippen molar-refractivity contribution < 1.29 is 13.2 Å². The van der Waals surface area contributed by atoms with Crippen molar-refractivity contribution in [3.8, 4) is 10.6 Å². The molecule has 4 aromatic rings. The second-order valence-corrected chi connectivity index (χ2v) is 11.1. The molecular weight excluding hydrogens is 496 g/mol. The molecule has 0 radical (unpaired) electrons. The number of rotatable bonds is 9. The van der Waals surface area contributed by atoms with Gasteiger partial charge in [-0.25, -0.2) is 23.4 Å². The summed E-state index contributed by atoms with van der Waals surface area (Å²) in [4.78, 5) is 26.3. The predicted octanol–water partition coefficient (Wildman–Crippen LogP) is 3.32. The van der Waals surface area contributed by atoms with Crippen LogP contribution in [0.4, 0.5) is 5.82 Å². The van der Waals surface area contributed by atoms with Gasteiger partial charge in [0.1, 0.15) is 16.1 Å². The zero-order chi connectivity index (χ0) is 25.7. The number of aromatic nitrogens is 3. The van der Waals surface area contributed by atoms with Crippen LogP contribution in [0.15, 0.2) is 83.5 Å². The normalized spacial score (nSPS) is 13.1. The molecule has 11 heteroatoms. The zero-order valence-electron chi connectivity index (χ0n) is 19.8. The molecule has 0 aliphatic rings. The van der Waals surface area contributed by atoms with Gasteiger partial charge in [-0.2, -0.15) is 0 Å². The third kappa shape index (κ3) is 5.59. The van der Waals surface area contributed by atoms with Crippen LogP contribution in [0, 0.1) is 0 Å². The van der Waals surface area contributed by atoms with E-state index in [0.717, 1.165) is 10.6 Å². The fourth-order valence-corrected chi connectivity index (χ4v) is 6.04. The van der Waals surface area contributed by atoms with E-state index in [-0.39, 0.29) is 17.5 Å². The number of nitrogens with zero attached hydrogens (tertiary/aromatic N) is 4. The van der Waals surface area contributed by atoms with Crippen molar-refractivity contribution in [2.75, 3.05) is 26.0 Å². The van der Waals surface area contributed by atoms with Crippen molar-refractivity contribution in [3.63, 3.8) is 0 Å². The smallest absolute Gasteiger partial charge is 0.241 e. The van der Waals surface area contributed by atoms with Crippen molar-refractivity contribution >= 4 is 32.9 Å². The molecule has 2 atom stereocenters. The van der Waals surface area contributed by atoms with Gasteiger partial charge in [0, 0.05) is 37.4 Å². The van der Waals surface area contributed by atoms with Gasteiger partial charge in [0.2, 0.25) is 15.7 Å². The SMILES string of the molecule is CN(C)C(=O)CNc1cccc(C(N)C(c2ccc(-c3nccs3)cc2)S(=O)(=O)c2ccccn2)n1. The molecule has 36 heavy (non-hydrogen) atoms. The van der Waals surface area contributed by atoms with Crippen molar-refractivity contribution in [3.05, 3.63) is 89.7 Å². The summed E-state index contributed by atoms with van der Waals surface area (Å²) < 4.78 is 27.6. The Bertz CT molecular complexity index is 1410. The predicted molar refractivity (Wildman–Crippen MR) is 140 cm³/mol. The monoisotopic (exact) mass is 522 g/mol. The summed E-state index contributed by atoms with van der Waals surface area (Å²) >= 11 is 1.50. The summed E-state index contributed by atoms with van der Waals surface area (Å²) in [5.41, 5.74) is 8.38. The number of pyridine rings is 2. The molecule has 2 unspecified atom stereocenters. The zero-order valence-corrected chi connectivity index (χ0v) is 21.4. The summed E-state index contributed by atoms with van der Waals surface area (Å²) in [5, 5.41) is 4.47. The summed E-state index contributed by atoms with van der Waals surface area (Å²) in [6, 6.07) is 16.0. The van der Waals surface area contributed by atoms with Gasteiger partial charge in [-0.1, -0.05) is 36.4 Å². The highest BCUT2D eigenvalue weighted by atomic mass is 32.2. The minimum Gasteiger partial charge on any atom is -0.361 e. The highest BCUT2D eigenvalue weighted by Crippen LogP contribution is 2.38. The first-order valence-corrected chi connectivity index (χ1v) is 13.5. The number of benzene rings is 1. The standard InChI is InChI=1S/C25H26N6O3S2/c1-31(2)22(32)16-29-20-7-5-6-19(30-20)23(26)24(36(33,34)21-8-3-4-13-27-21)17-9-11-18(12-10-17)25-28-14-15-35-25/h3-15,23-24H,16,26H2,1-2H3,(H,29,30). The molecule has 0 spiro atoms. The van der Waals surface area contributed by atoms with Crippen LogP contribution < -0.4 is 11.1 Å². The number of carbonyl (C=O) groups is 1. The highest BCUT2D eigenvalue weighted by Gasteiger charge is 2.37. The van der Waals surface area contributed by atoms with E-state index in [1.165, 1.54) is 28.5 Å². The molecule has 1 aromatic carbocycles. The molecule has 0 aliphatic carbocycles. The quantitative estimate of drug-likeness (QED) is 0.342. The Morgan fingerprint density at radius 1 is 1.03 bits per heavy atom. The van der Waals surface area contributed by atoms with Crippen LogP contribution in [0.5, 0.6) is 0 Å². The Balaban J connectivity index is 1.71. The Morgan fingerprint density at radius 2 is 1.81 bits per heavy atom. The molecule has 186 valence electrons. The summed E-state index contributed by atoms with van der Waals surface area (Å²) in [7, 11) is -0.662. The molecule has 0 saturated heterocycles. The van der Waals surface area contributed by atoms with E-state index >= 15 is 0 Å². The molecular formula is C25H26N6O3S2. The summed E-state index contributed by atoms with van der Waals surface area (Å²) in [6.07, 6.45) is 3.16. The van der Waals surface area contributed by atoms with Crippen LogP contribution in [0.25, 0.3) is 10.6 Å². The maximum atomic E-state index is 13.8. The fraction of sp³-hybridized carbons (Fsp3) is 0.200. The number of carbonyl (C=O) groups excluding carboxylic acids is 1. The molecule has 0 fully saturated rings. The van der Waals surface area contributed by atoms with Gasteiger partial charge in [-0.05, 0) is 29.8 Å². The number of hydrogen-bond acceptors (Lipinski definition) is 9. The minimum atomic E-state index is -3.99. The van der Waals surface area contributed by atoms with E-state index in [0.29, 0.717) is 17.1 Å². The molecule has 3 heterocycles. The van der Waals surface area contributed by atoms with E-state index in [1.807, 2.05) is 17.5 Å². The first kappa shape index (κ1) is 25.4. The summed E-state index contributed by atoms with van der Waals surface area (Å²) in [6.45, 7) is 0.0482. The number of thiazole rings is 1. The van der Waals surface area contributed by atoms with Crippen LogP contribution in [0.1, 0.15) is 22.5 Å². The second kappa shape index (κ2) is 10.9. The van der Waals surface area contributed by atoms with Crippen LogP contribution in [-0.2, 0) is 14.6 Å². The van der Waals surface area contributed by atoms with E-state index in [9.17, 15) is 13.2 Å². The lowest BCUT2D eigenvalue weighted by atomic mass is 10.0. The number of nitrogens with one attached hydrogen (secondary N) is 1. The first-order chi connectivity index (χ1) is 17.3. The molecule has 1 amide bonds. The number of hydrogen-bond donors (Lipinski definition) is 2. The largest absolute Gasteiger partial charge is 0.361 e. The fourth-order valence-electron chi connectivity index (χ4n) is 3.62. The van der Waals surface area contributed by atoms with Gasteiger partial charge in [-0.3, -0.25) is 4.79 Å². The third-order valence-corrected chi connectivity index (χ3v) is 8.42. The van der Waals surface area contributed by atoms with Crippen molar-refractivity contribution in [1.82, 2.24) is 19.9 Å². The van der Waals surface area contributed by atoms with Crippen LogP contribution >= 0.6 is 11.3 Å². The number of nitrogens with two attached hydrogens (primary N) is 1. The first-order valence-electron chi connectivity index (χ1n) is 11.1. The van der Waals surface area contributed by atoms with E-state index in [2.05, 4.69) is 20.3 Å². The van der Waals surface area contributed by atoms with Crippen LogP contribution in [0.3, 0.4) is 0 Å². The number of amides is 1. The van der Waals surface area contributed by atoms with Crippen molar-refractivity contribution in [1.29, 1.82) is 0 Å². The van der Waals surface area contributed by atoms with Crippen LogP contribution in [-0.4, -0.2) is 54.8 Å². The van der Waals surface area contributed by atoms with Crippen LogP contribution in [0.2, 0.25) is 0 Å². The van der Waals surface area contributed by atoms with Gasteiger partial charge in [0.15, 0.2) is 5.03 Å². The van der Waals surface area contributed by atoms with Crippen molar-refractivity contribution in [2.45, 2.75) is 16.3 Å². The minimum absolute atomic E-state index is 0.0482. The molecule has 9 nitrogen and oxygen atoms in total. The Kier molecular flexibility index (Phi) is 7.73. The Morgan fingerprint density at radius 3 is 2.44 bits per heavy atom. The molecule has 0 aliphatic heterocycles.